The first-order valence-corrected chi connectivity index (χ1v) is 9.33. The number of carbonyl (C=O) groups excluding carboxylic acids is 1. The van der Waals surface area contributed by atoms with Crippen LogP contribution in [0.2, 0.25) is 0 Å². The zero-order chi connectivity index (χ0) is 19.3. The minimum atomic E-state index is -3.96. The molecule has 0 atom stereocenters. The average Bonchev–Trinajstić information content (AvgIpc) is 2.58. The van der Waals surface area contributed by atoms with Gasteiger partial charge in [0.1, 0.15) is 16.4 Å². The molecular formula is C18H22N2O5S. The summed E-state index contributed by atoms with van der Waals surface area (Å²) >= 11 is 0. The zero-order valence-electron chi connectivity index (χ0n) is 15.1. The van der Waals surface area contributed by atoms with Crippen LogP contribution in [0.3, 0.4) is 0 Å². The van der Waals surface area contributed by atoms with E-state index in [1.165, 1.54) is 26.4 Å². The van der Waals surface area contributed by atoms with Crippen LogP contribution in [0.1, 0.15) is 11.1 Å². The van der Waals surface area contributed by atoms with Gasteiger partial charge in [0, 0.05) is 11.8 Å². The van der Waals surface area contributed by atoms with E-state index in [-0.39, 0.29) is 10.6 Å². The second-order valence-electron chi connectivity index (χ2n) is 5.77. The van der Waals surface area contributed by atoms with E-state index in [1.54, 1.807) is 6.07 Å². The Hall–Kier alpha value is -2.58. The lowest BCUT2D eigenvalue weighted by Gasteiger charge is -2.12. The van der Waals surface area contributed by atoms with E-state index in [0.717, 1.165) is 11.1 Å². The van der Waals surface area contributed by atoms with Crippen LogP contribution in [0.25, 0.3) is 0 Å². The van der Waals surface area contributed by atoms with Crippen molar-refractivity contribution in [3.05, 3.63) is 47.5 Å². The number of amides is 1. The fraction of sp³-hybridized carbons (Fsp3) is 0.278. The Bertz CT molecular complexity index is 890. The van der Waals surface area contributed by atoms with Crippen LogP contribution < -0.4 is 19.5 Å². The van der Waals surface area contributed by atoms with Gasteiger partial charge in [-0.15, -0.1) is 0 Å². The molecule has 0 heterocycles. The van der Waals surface area contributed by atoms with Gasteiger partial charge in [0.25, 0.3) is 0 Å². The molecule has 0 unspecified atom stereocenters. The normalized spacial score (nSPS) is 11.1. The lowest BCUT2D eigenvalue weighted by Crippen LogP contribution is -2.33. The fourth-order valence-electron chi connectivity index (χ4n) is 2.48. The topological polar surface area (TPSA) is 93.7 Å². The number of hydrogen-bond acceptors (Lipinski definition) is 5. The number of methoxy groups -OCH3 is 2. The molecule has 0 spiro atoms. The highest BCUT2D eigenvalue weighted by Gasteiger charge is 2.21. The van der Waals surface area contributed by atoms with E-state index >= 15 is 0 Å². The van der Waals surface area contributed by atoms with Gasteiger partial charge in [-0.1, -0.05) is 6.07 Å². The fourth-order valence-corrected chi connectivity index (χ4v) is 3.65. The van der Waals surface area contributed by atoms with Crippen molar-refractivity contribution >= 4 is 21.6 Å². The predicted molar refractivity (Wildman–Crippen MR) is 99.3 cm³/mol. The first-order valence-electron chi connectivity index (χ1n) is 7.85. The van der Waals surface area contributed by atoms with Crippen molar-refractivity contribution in [3.63, 3.8) is 0 Å². The van der Waals surface area contributed by atoms with Crippen LogP contribution in [0.5, 0.6) is 11.5 Å². The number of sulfonamides is 1. The molecule has 0 radical (unpaired) electrons. The highest BCUT2D eigenvalue weighted by atomic mass is 32.2. The second kappa shape index (κ2) is 8.20. The first kappa shape index (κ1) is 19.7. The molecule has 26 heavy (non-hydrogen) atoms. The molecule has 2 aromatic carbocycles. The van der Waals surface area contributed by atoms with Crippen molar-refractivity contribution in [2.75, 3.05) is 26.1 Å². The Morgan fingerprint density at radius 2 is 1.65 bits per heavy atom. The molecule has 0 saturated carbocycles. The lowest BCUT2D eigenvalue weighted by atomic mass is 10.1. The molecule has 1 amide bonds. The summed E-state index contributed by atoms with van der Waals surface area (Å²) in [4.78, 5) is 12.0. The number of carbonyl (C=O) groups is 1. The standard InChI is InChI=1S/C18H22N2O5S/c1-12-7-13(2)9-14(8-12)20-18(21)11-19-26(22,23)17-10-15(24-3)5-6-16(17)25-4/h5-10,19H,11H2,1-4H3,(H,20,21). The lowest BCUT2D eigenvalue weighted by molar-refractivity contribution is -0.115. The van der Waals surface area contributed by atoms with Gasteiger partial charge in [0.15, 0.2) is 0 Å². The van der Waals surface area contributed by atoms with E-state index in [0.29, 0.717) is 11.4 Å². The van der Waals surface area contributed by atoms with Gasteiger partial charge in [-0.25, -0.2) is 13.1 Å². The SMILES string of the molecule is COc1ccc(OC)c(S(=O)(=O)NCC(=O)Nc2cc(C)cc(C)c2)c1. The molecule has 2 aromatic rings. The molecule has 0 bridgehead atoms. The third-order valence-electron chi connectivity index (χ3n) is 3.59. The summed E-state index contributed by atoms with van der Waals surface area (Å²) in [5, 5.41) is 2.68. The van der Waals surface area contributed by atoms with Gasteiger partial charge >= 0.3 is 0 Å². The molecule has 0 fully saturated rings. The molecule has 8 heteroatoms. The van der Waals surface area contributed by atoms with Gasteiger partial charge in [-0.3, -0.25) is 4.79 Å². The maximum atomic E-state index is 12.5. The number of benzene rings is 2. The van der Waals surface area contributed by atoms with Crippen molar-refractivity contribution in [1.82, 2.24) is 4.72 Å². The Morgan fingerprint density at radius 3 is 2.23 bits per heavy atom. The molecule has 0 aliphatic heterocycles. The van der Waals surface area contributed by atoms with Crippen molar-refractivity contribution < 1.29 is 22.7 Å². The third kappa shape index (κ3) is 4.96. The summed E-state index contributed by atoms with van der Waals surface area (Å²) in [6.45, 7) is 3.43. The molecule has 0 aliphatic carbocycles. The molecule has 0 aromatic heterocycles. The van der Waals surface area contributed by atoms with E-state index in [1.807, 2.05) is 32.0 Å². The molecule has 0 saturated heterocycles. The monoisotopic (exact) mass is 378 g/mol. The molecule has 2 N–H and O–H groups in total. The van der Waals surface area contributed by atoms with E-state index < -0.39 is 22.5 Å². The van der Waals surface area contributed by atoms with Crippen LogP contribution in [-0.2, 0) is 14.8 Å². The van der Waals surface area contributed by atoms with E-state index in [4.69, 9.17) is 9.47 Å². The van der Waals surface area contributed by atoms with Crippen molar-refractivity contribution in [3.8, 4) is 11.5 Å². The summed E-state index contributed by atoms with van der Waals surface area (Å²) in [5.74, 6) is 0.0549. The predicted octanol–water partition coefficient (Wildman–Crippen LogP) is 2.24. The summed E-state index contributed by atoms with van der Waals surface area (Å²) in [7, 11) is -1.15. The van der Waals surface area contributed by atoms with Crippen molar-refractivity contribution in [2.24, 2.45) is 0 Å². The summed E-state index contributed by atoms with van der Waals surface area (Å²) in [5.41, 5.74) is 2.62. The maximum Gasteiger partial charge on any atom is 0.244 e. The minimum Gasteiger partial charge on any atom is -0.497 e. The Kier molecular flexibility index (Phi) is 6.23. The van der Waals surface area contributed by atoms with Gasteiger partial charge in [0.05, 0.1) is 20.8 Å². The van der Waals surface area contributed by atoms with Crippen LogP contribution in [-0.4, -0.2) is 35.1 Å². The quantitative estimate of drug-likeness (QED) is 0.771. The Morgan fingerprint density at radius 1 is 1.00 bits per heavy atom. The molecule has 140 valence electrons. The minimum absolute atomic E-state index is 0.0986. The Labute approximate surface area is 153 Å². The number of aryl methyl sites for hydroxylation is 2. The van der Waals surface area contributed by atoms with Gasteiger partial charge in [-0.05, 0) is 49.2 Å². The number of hydrogen-bond donors (Lipinski definition) is 2. The Balaban J connectivity index is 2.11. The zero-order valence-corrected chi connectivity index (χ0v) is 15.9. The molecule has 7 nitrogen and oxygen atoms in total. The third-order valence-corrected chi connectivity index (χ3v) is 5.01. The largest absolute Gasteiger partial charge is 0.497 e. The summed E-state index contributed by atoms with van der Waals surface area (Å²) in [6, 6.07) is 10.0. The van der Waals surface area contributed by atoms with E-state index in [2.05, 4.69) is 10.0 Å². The number of nitrogens with one attached hydrogen (secondary N) is 2. The van der Waals surface area contributed by atoms with Crippen LogP contribution >= 0.6 is 0 Å². The molecule has 0 aliphatic rings. The smallest absolute Gasteiger partial charge is 0.244 e. The summed E-state index contributed by atoms with van der Waals surface area (Å²) < 4.78 is 37.4. The van der Waals surface area contributed by atoms with Gasteiger partial charge in [0.2, 0.25) is 15.9 Å². The highest BCUT2D eigenvalue weighted by Crippen LogP contribution is 2.27. The van der Waals surface area contributed by atoms with Crippen LogP contribution in [0.4, 0.5) is 5.69 Å². The maximum absolute atomic E-state index is 12.5. The van der Waals surface area contributed by atoms with Gasteiger partial charge in [-0.2, -0.15) is 0 Å². The number of rotatable bonds is 7. The highest BCUT2D eigenvalue weighted by molar-refractivity contribution is 7.89. The van der Waals surface area contributed by atoms with Crippen molar-refractivity contribution in [2.45, 2.75) is 18.7 Å². The molecule has 2 rings (SSSR count). The average molecular weight is 378 g/mol. The van der Waals surface area contributed by atoms with E-state index in [9.17, 15) is 13.2 Å². The second-order valence-corrected chi connectivity index (χ2v) is 7.50. The summed E-state index contributed by atoms with van der Waals surface area (Å²) in [6.07, 6.45) is 0. The first-order chi connectivity index (χ1) is 12.2. The molecular weight excluding hydrogens is 356 g/mol. The van der Waals surface area contributed by atoms with Crippen LogP contribution in [0, 0.1) is 13.8 Å². The number of ether oxygens (including phenoxy) is 2. The van der Waals surface area contributed by atoms with Gasteiger partial charge < -0.3 is 14.8 Å². The van der Waals surface area contributed by atoms with Crippen LogP contribution in [0.15, 0.2) is 41.3 Å². The number of anilines is 1. The van der Waals surface area contributed by atoms with Crippen molar-refractivity contribution in [1.29, 1.82) is 0 Å².